The average Bonchev–Trinajstić information content (AvgIpc) is 2.69. The molecule has 26 heavy (non-hydrogen) atoms. The number of aromatic nitrogens is 2. The Morgan fingerprint density at radius 3 is 2.42 bits per heavy atom. The molecule has 3 rings (SSSR count). The van der Waals surface area contributed by atoms with Crippen LogP contribution in [0.15, 0.2) is 59.4 Å². The summed E-state index contributed by atoms with van der Waals surface area (Å²) in [6.45, 7) is 6.97. The van der Waals surface area contributed by atoms with Crippen LogP contribution in [-0.2, 0) is 0 Å². The molecular weight excluding hydrogens is 324 g/mol. The highest BCUT2D eigenvalue weighted by Crippen LogP contribution is 2.17. The summed E-state index contributed by atoms with van der Waals surface area (Å²) >= 11 is 0. The van der Waals surface area contributed by atoms with Gasteiger partial charge in [0.1, 0.15) is 0 Å². The van der Waals surface area contributed by atoms with Gasteiger partial charge in [-0.3, -0.25) is 4.79 Å². The largest absolute Gasteiger partial charge is 0.372 e. The summed E-state index contributed by atoms with van der Waals surface area (Å²) in [6.07, 6.45) is 4.13. The van der Waals surface area contributed by atoms with Crippen molar-refractivity contribution in [1.29, 1.82) is 0 Å². The third-order valence-electron chi connectivity index (χ3n) is 4.42. The second-order valence-corrected chi connectivity index (χ2v) is 5.99. The zero-order valence-corrected chi connectivity index (χ0v) is 15.2. The van der Waals surface area contributed by atoms with Gasteiger partial charge in [-0.2, -0.15) is 5.10 Å². The first-order chi connectivity index (χ1) is 12.7. The van der Waals surface area contributed by atoms with Gasteiger partial charge in [-0.25, -0.2) is 5.10 Å². The summed E-state index contributed by atoms with van der Waals surface area (Å²) in [5, 5.41) is 11.4. The topological polar surface area (TPSA) is 61.0 Å². The first kappa shape index (κ1) is 17.7. The monoisotopic (exact) mass is 348 g/mol. The number of nitrogens with one attached hydrogen (secondary N) is 2. The van der Waals surface area contributed by atoms with E-state index in [9.17, 15) is 4.79 Å². The lowest BCUT2D eigenvalue weighted by molar-refractivity contribution is 0.866. The molecule has 0 atom stereocenters. The summed E-state index contributed by atoms with van der Waals surface area (Å²) in [6, 6.07) is 16.0. The van der Waals surface area contributed by atoms with Crippen LogP contribution >= 0.6 is 0 Å². The minimum Gasteiger partial charge on any atom is -0.372 e. The molecule has 5 nitrogen and oxygen atoms in total. The highest BCUT2D eigenvalue weighted by atomic mass is 16.1. The fourth-order valence-electron chi connectivity index (χ4n) is 2.99. The van der Waals surface area contributed by atoms with Crippen LogP contribution in [0.2, 0.25) is 0 Å². The molecule has 1 heterocycles. The van der Waals surface area contributed by atoms with Crippen molar-refractivity contribution in [2.24, 2.45) is 0 Å². The van der Waals surface area contributed by atoms with E-state index in [4.69, 9.17) is 0 Å². The van der Waals surface area contributed by atoms with Crippen LogP contribution in [0.1, 0.15) is 19.4 Å². The molecule has 2 aromatic carbocycles. The van der Waals surface area contributed by atoms with E-state index in [-0.39, 0.29) is 5.56 Å². The van der Waals surface area contributed by atoms with Crippen LogP contribution in [0.3, 0.4) is 0 Å². The van der Waals surface area contributed by atoms with E-state index in [1.807, 2.05) is 24.3 Å². The van der Waals surface area contributed by atoms with Crippen molar-refractivity contribution in [3.8, 4) is 0 Å². The normalized spacial score (nSPS) is 11.2. The Kier molecular flexibility index (Phi) is 5.69. The minimum atomic E-state index is -0.171. The van der Waals surface area contributed by atoms with Crippen LogP contribution in [0.25, 0.3) is 16.8 Å². The summed E-state index contributed by atoms with van der Waals surface area (Å²) < 4.78 is 0. The van der Waals surface area contributed by atoms with Gasteiger partial charge in [-0.15, -0.1) is 0 Å². The lowest BCUT2D eigenvalue weighted by Gasteiger charge is -2.20. The zero-order chi connectivity index (χ0) is 18.4. The first-order valence-electron chi connectivity index (χ1n) is 8.95. The predicted molar refractivity (Wildman–Crippen MR) is 110 cm³/mol. The Morgan fingerprint density at radius 2 is 1.73 bits per heavy atom. The van der Waals surface area contributed by atoms with Gasteiger partial charge in [-0.05, 0) is 37.6 Å². The quantitative estimate of drug-likeness (QED) is 0.680. The van der Waals surface area contributed by atoms with Crippen molar-refractivity contribution in [3.63, 3.8) is 0 Å². The molecule has 3 aromatic rings. The Balaban J connectivity index is 1.65. The molecule has 0 unspecified atom stereocenters. The lowest BCUT2D eigenvalue weighted by Crippen LogP contribution is -2.21. The van der Waals surface area contributed by atoms with Crippen molar-refractivity contribution < 1.29 is 0 Å². The number of H-pyrrole nitrogens is 1. The van der Waals surface area contributed by atoms with Gasteiger partial charge in [0, 0.05) is 30.7 Å². The van der Waals surface area contributed by atoms with Gasteiger partial charge in [0.2, 0.25) is 0 Å². The van der Waals surface area contributed by atoms with Crippen molar-refractivity contribution in [2.75, 3.05) is 29.9 Å². The molecule has 0 saturated heterocycles. The maximum absolute atomic E-state index is 11.8. The molecule has 0 saturated carbocycles. The van der Waals surface area contributed by atoms with E-state index < -0.39 is 0 Å². The Hall–Kier alpha value is -3.08. The first-order valence-corrected chi connectivity index (χ1v) is 8.95. The SMILES string of the molecule is CCN(CC)c1ccc(C=CCNc2n[nH]c(=O)c3ccccc23)cc1. The van der Waals surface area contributed by atoms with Gasteiger partial charge in [0.05, 0.1) is 5.39 Å². The molecule has 0 amide bonds. The van der Waals surface area contributed by atoms with E-state index in [1.165, 1.54) is 5.69 Å². The molecule has 0 radical (unpaired) electrons. The fraction of sp³-hybridized carbons (Fsp3) is 0.238. The van der Waals surface area contributed by atoms with Crippen molar-refractivity contribution in [1.82, 2.24) is 10.2 Å². The number of aromatic amines is 1. The number of fused-ring (bicyclic) bond motifs is 1. The summed E-state index contributed by atoms with van der Waals surface area (Å²) in [5.74, 6) is 0.682. The van der Waals surface area contributed by atoms with Gasteiger partial charge in [-0.1, -0.05) is 42.5 Å². The predicted octanol–water partition coefficient (Wildman–Crippen LogP) is 3.89. The third-order valence-corrected chi connectivity index (χ3v) is 4.42. The maximum atomic E-state index is 11.8. The number of hydrogen-bond donors (Lipinski definition) is 2. The number of nitrogens with zero attached hydrogens (tertiary/aromatic N) is 2. The standard InChI is InChI=1S/C21H24N4O/c1-3-25(4-2)17-13-11-16(12-14-17)8-7-15-22-20-18-9-5-6-10-19(18)21(26)24-23-20/h5-14H,3-4,15H2,1-2H3,(H,22,23)(H,24,26). The van der Waals surface area contributed by atoms with E-state index in [2.05, 4.69) is 64.6 Å². The average molecular weight is 348 g/mol. The van der Waals surface area contributed by atoms with Gasteiger partial charge in [0.25, 0.3) is 5.56 Å². The molecule has 0 aliphatic rings. The summed E-state index contributed by atoms with van der Waals surface area (Å²) in [5.41, 5.74) is 2.23. The van der Waals surface area contributed by atoms with E-state index in [1.54, 1.807) is 6.07 Å². The van der Waals surface area contributed by atoms with Crippen LogP contribution in [0.4, 0.5) is 11.5 Å². The molecular formula is C21H24N4O. The van der Waals surface area contributed by atoms with E-state index in [0.29, 0.717) is 17.7 Å². The smallest absolute Gasteiger partial charge is 0.272 e. The van der Waals surface area contributed by atoms with Crippen LogP contribution in [0, 0.1) is 0 Å². The van der Waals surface area contributed by atoms with Crippen molar-refractivity contribution in [2.45, 2.75) is 13.8 Å². The molecule has 2 N–H and O–H groups in total. The Morgan fingerprint density at radius 1 is 1.04 bits per heavy atom. The van der Waals surface area contributed by atoms with Crippen molar-refractivity contribution in [3.05, 3.63) is 70.5 Å². The fourth-order valence-corrected chi connectivity index (χ4v) is 2.99. The number of hydrogen-bond acceptors (Lipinski definition) is 4. The third kappa shape index (κ3) is 3.94. The van der Waals surface area contributed by atoms with Gasteiger partial charge in [0.15, 0.2) is 5.82 Å². The minimum absolute atomic E-state index is 0.171. The molecule has 0 spiro atoms. The summed E-state index contributed by atoms with van der Waals surface area (Å²) in [7, 11) is 0. The number of anilines is 2. The molecule has 0 aliphatic carbocycles. The summed E-state index contributed by atoms with van der Waals surface area (Å²) in [4.78, 5) is 14.1. The maximum Gasteiger partial charge on any atom is 0.272 e. The molecule has 1 aromatic heterocycles. The van der Waals surface area contributed by atoms with Gasteiger partial charge >= 0.3 is 0 Å². The number of benzene rings is 2. The second-order valence-electron chi connectivity index (χ2n) is 5.99. The van der Waals surface area contributed by atoms with Crippen LogP contribution in [-0.4, -0.2) is 29.8 Å². The lowest BCUT2D eigenvalue weighted by atomic mass is 10.1. The molecule has 0 fully saturated rings. The Labute approximate surface area is 153 Å². The highest BCUT2D eigenvalue weighted by Gasteiger charge is 2.04. The van der Waals surface area contributed by atoms with Crippen molar-refractivity contribution >= 4 is 28.4 Å². The number of rotatable bonds is 7. The van der Waals surface area contributed by atoms with Gasteiger partial charge < -0.3 is 10.2 Å². The molecule has 134 valence electrons. The van der Waals surface area contributed by atoms with E-state index in [0.717, 1.165) is 24.0 Å². The highest BCUT2D eigenvalue weighted by molar-refractivity contribution is 5.90. The molecule has 0 bridgehead atoms. The molecule has 5 heteroatoms. The Bertz CT molecular complexity index is 940. The zero-order valence-electron chi connectivity index (χ0n) is 15.2. The van der Waals surface area contributed by atoms with Crippen LogP contribution in [0.5, 0.6) is 0 Å². The van der Waals surface area contributed by atoms with Crippen LogP contribution < -0.4 is 15.8 Å². The second kappa shape index (κ2) is 8.34. The molecule has 0 aliphatic heterocycles. The van der Waals surface area contributed by atoms with E-state index >= 15 is 0 Å².